The Balaban J connectivity index is 2.92. The molecule has 1 rings (SSSR count). The van der Waals surface area contributed by atoms with Gasteiger partial charge in [-0.05, 0) is 36.6 Å². The van der Waals surface area contributed by atoms with E-state index in [-0.39, 0.29) is 11.8 Å². The molecule has 0 heterocycles. The van der Waals surface area contributed by atoms with Crippen molar-refractivity contribution in [2.45, 2.75) is 33.2 Å². The second-order valence-corrected chi connectivity index (χ2v) is 4.86. The van der Waals surface area contributed by atoms with Crippen LogP contribution in [0.2, 0.25) is 0 Å². The van der Waals surface area contributed by atoms with Crippen molar-refractivity contribution in [2.75, 3.05) is 7.11 Å². The number of methoxy groups -OCH3 is 1. The molecule has 0 aromatic heterocycles. The minimum absolute atomic E-state index is 0.130. The van der Waals surface area contributed by atoms with Gasteiger partial charge in [0.2, 0.25) is 0 Å². The van der Waals surface area contributed by atoms with E-state index in [1.54, 1.807) is 39.2 Å². The van der Waals surface area contributed by atoms with Crippen LogP contribution in [0.3, 0.4) is 0 Å². The molecule has 2 unspecified atom stereocenters. The highest BCUT2D eigenvalue weighted by Gasteiger charge is 2.26. The maximum Gasteiger partial charge on any atom is 0.326 e. The lowest BCUT2D eigenvalue weighted by molar-refractivity contribution is -0.140. The summed E-state index contributed by atoms with van der Waals surface area (Å²) in [6, 6.07) is 4.18. The fourth-order valence-electron chi connectivity index (χ4n) is 1.92. The van der Waals surface area contributed by atoms with E-state index in [4.69, 9.17) is 4.74 Å². The maximum absolute atomic E-state index is 12.2. The van der Waals surface area contributed by atoms with Crippen molar-refractivity contribution in [1.82, 2.24) is 5.32 Å². The number of amides is 1. The highest BCUT2D eigenvalue weighted by atomic mass is 16.5. The molecule has 0 radical (unpaired) electrons. The summed E-state index contributed by atoms with van der Waals surface area (Å²) in [5.41, 5.74) is 1.20. The first-order valence-corrected chi connectivity index (χ1v) is 6.59. The van der Waals surface area contributed by atoms with Crippen molar-refractivity contribution in [2.24, 2.45) is 5.92 Å². The third kappa shape index (κ3) is 3.73. The van der Waals surface area contributed by atoms with Crippen LogP contribution in [0.1, 0.15) is 36.2 Å². The molecule has 5 nitrogen and oxygen atoms in total. The molecular weight excluding hydrogens is 258 g/mol. The number of benzene rings is 1. The number of hydrogen-bond donors (Lipinski definition) is 2. The van der Waals surface area contributed by atoms with Gasteiger partial charge in [-0.3, -0.25) is 4.79 Å². The van der Waals surface area contributed by atoms with Crippen LogP contribution in [-0.2, 0) is 4.79 Å². The van der Waals surface area contributed by atoms with E-state index in [2.05, 4.69) is 5.32 Å². The van der Waals surface area contributed by atoms with Gasteiger partial charge in [0.25, 0.3) is 5.91 Å². The van der Waals surface area contributed by atoms with Gasteiger partial charge in [-0.25, -0.2) is 4.79 Å². The van der Waals surface area contributed by atoms with Gasteiger partial charge in [0.05, 0.1) is 7.11 Å². The number of aryl methyl sites for hydroxylation is 1. The number of carbonyl (C=O) groups is 2. The van der Waals surface area contributed by atoms with E-state index < -0.39 is 12.0 Å². The van der Waals surface area contributed by atoms with Crippen LogP contribution in [0.15, 0.2) is 18.2 Å². The Morgan fingerprint density at radius 1 is 1.40 bits per heavy atom. The Bertz CT molecular complexity index is 499. The number of nitrogens with one attached hydrogen (secondary N) is 1. The van der Waals surface area contributed by atoms with E-state index in [9.17, 15) is 14.7 Å². The number of carbonyl (C=O) groups excluding carboxylic acids is 1. The highest BCUT2D eigenvalue weighted by Crippen LogP contribution is 2.17. The van der Waals surface area contributed by atoms with Crippen LogP contribution >= 0.6 is 0 Å². The summed E-state index contributed by atoms with van der Waals surface area (Å²) in [6.07, 6.45) is 0.679. The average molecular weight is 279 g/mol. The molecular formula is C15H21NO4. The molecule has 1 aromatic rings. The lowest BCUT2D eigenvalue weighted by atomic mass is 9.98. The summed E-state index contributed by atoms with van der Waals surface area (Å²) in [5.74, 6) is -0.859. The van der Waals surface area contributed by atoms with Gasteiger partial charge in [-0.15, -0.1) is 0 Å². The minimum Gasteiger partial charge on any atom is -0.497 e. The first-order valence-electron chi connectivity index (χ1n) is 6.59. The quantitative estimate of drug-likeness (QED) is 0.837. The predicted molar refractivity (Wildman–Crippen MR) is 76.1 cm³/mol. The predicted octanol–water partition coefficient (Wildman–Crippen LogP) is 2.23. The van der Waals surface area contributed by atoms with Crippen LogP contribution in [-0.4, -0.2) is 30.1 Å². The van der Waals surface area contributed by atoms with Gasteiger partial charge in [-0.1, -0.05) is 20.3 Å². The number of aliphatic carboxylic acids is 1. The van der Waals surface area contributed by atoms with Crippen LogP contribution < -0.4 is 10.1 Å². The van der Waals surface area contributed by atoms with Crippen LogP contribution in [0, 0.1) is 12.8 Å². The summed E-state index contributed by atoms with van der Waals surface area (Å²) < 4.78 is 5.08. The Hall–Kier alpha value is -2.04. The van der Waals surface area contributed by atoms with Crippen molar-refractivity contribution in [3.63, 3.8) is 0 Å². The third-order valence-electron chi connectivity index (χ3n) is 3.44. The second-order valence-electron chi connectivity index (χ2n) is 4.86. The highest BCUT2D eigenvalue weighted by molar-refractivity contribution is 5.98. The second kappa shape index (κ2) is 6.93. The normalized spacial score (nSPS) is 13.4. The Labute approximate surface area is 118 Å². The van der Waals surface area contributed by atoms with Crippen molar-refractivity contribution in [1.29, 1.82) is 0 Å². The van der Waals surface area contributed by atoms with Crippen molar-refractivity contribution in [3.05, 3.63) is 29.3 Å². The van der Waals surface area contributed by atoms with Crippen LogP contribution in [0.5, 0.6) is 5.75 Å². The van der Waals surface area contributed by atoms with Gasteiger partial charge < -0.3 is 15.2 Å². The third-order valence-corrected chi connectivity index (χ3v) is 3.44. The summed E-state index contributed by atoms with van der Waals surface area (Å²) >= 11 is 0. The molecule has 0 aliphatic heterocycles. The smallest absolute Gasteiger partial charge is 0.326 e. The van der Waals surface area contributed by atoms with Crippen molar-refractivity contribution in [3.8, 4) is 5.75 Å². The lowest BCUT2D eigenvalue weighted by Gasteiger charge is -2.20. The molecule has 0 spiro atoms. The van der Waals surface area contributed by atoms with E-state index in [0.717, 1.165) is 5.56 Å². The van der Waals surface area contributed by atoms with E-state index in [0.29, 0.717) is 17.7 Å². The molecule has 110 valence electrons. The largest absolute Gasteiger partial charge is 0.497 e. The molecule has 0 bridgehead atoms. The molecule has 0 saturated carbocycles. The molecule has 2 N–H and O–H groups in total. The van der Waals surface area contributed by atoms with Crippen LogP contribution in [0.4, 0.5) is 0 Å². The zero-order chi connectivity index (χ0) is 15.3. The molecule has 0 aliphatic carbocycles. The molecule has 1 aromatic carbocycles. The summed E-state index contributed by atoms with van der Waals surface area (Å²) in [4.78, 5) is 23.4. The standard InChI is InChI=1S/C15H21NO4/c1-5-9(2)13(15(18)19)16-14(17)12-7-6-11(20-4)8-10(12)3/h6-9,13H,5H2,1-4H3,(H,16,17)(H,18,19). The molecule has 1 amide bonds. The number of carboxylic acids is 1. The Morgan fingerprint density at radius 3 is 2.50 bits per heavy atom. The first-order chi connectivity index (χ1) is 9.40. The van der Waals surface area contributed by atoms with E-state index in [1.807, 2.05) is 6.92 Å². The summed E-state index contributed by atoms with van der Waals surface area (Å²) in [5, 5.41) is 11.8. The van der Waals surface area contributed by atoms with Crippen molar-refractivity contribution < 1.29 is 19.4 Å². The Kier molecular flexibility index (Phi) is 5.55. The topological polar surface area (TPSA) is 75.6 Å². The number of carboxylic acid groups (broad SMARTS) is 1. The fraction of sp³-hybridized carbons (Fsp3) is 0.467. The summed E-state index contributed by atoms with van der Waals surface area (Å²) in [6.45, 7) is 5.49. The molecule has 0 fully saturated rings. The SMILES string of the molecule is CCC(C)C(NC(=O)c1ccc(OC)cc1C)C(=O)O. The number of ether oxygens (including phenoxy) is 1. The monoisotopic (exact) mass is 279 g/mol. The number of rotatable bonds is 6. The maximum atomic E-state index is 12.2. The zero-order valence-corrected chi connectivity index (χ0v) is 12.3. The van der Waals surface area contributed by atoms with Gasteiger partial charge in [0.15, 0.2) is 0 Å². The first kappa shape index (κ1) is 16.0. The van der Waals surface area contributed by atoms with Crippen molar-refractivity contribution >= 4 is 11.9 Å². The van der Waals surface area contributed by atoms with E-state index in [1.165, 1.54) is 0 Å². The molecule has 20 heavy (non-hydrogen) atoms. The van der Waals surface area contributed by atoms with Gasteiger partial charge in [0.1, 0.15) is 11.8 Å². The van der Waals surface area contributed by atoms with Crippen LogP contribution in [0.25, 0.3) is 0 Å². The molecule has 0 aliphatic rings. The molecule has 5 heteroatoms. The number of hydrogen-bond acceptors (Lipinski definition) is 3. The van der Waals surface area contributed by atoms with Gasteiger partial charge >= 0.3 is 5.97 Å². The summed E-state index contributed by atoms with van der Waals surface area (Å²) in [7, 11) is 1.55. The van der Waals surface area contributed by atoms with Gasteiger partial charge in [0, 0.05) is 5.56 Å². The fourth-order valence-corrected chi connectivity index (χ4v) is 1.92. The van der Waals surface area contributed by atoms with E-state index >= 15 is 0 Å². The average Bonchev–Trinajstić information content (AvgIpc) is 2.43. The van der Waals surface area contributed by atoms with Gasteiger partial charge in [-0.2, -0.15) is 0 Å². The minimum atomic E-state index is -1.01. The Morgan fingerprint density at radius 2 is 2.05 bits per heavy atom. The molecule has 2 atom stereocenters. The molecule has 0 saturated heterocycles. The lowest BCUT2D eigenvalue weighted by Crippen LogP contribution is -2.45. The zero-order valence-electron chi connectivity index (χ0n) is 12.3.